The Bertz CT molecular complexity index is 1370. The van der Waals surface area contributed by atoms with Crippen molar-refractivity contribution in [2.24, 2.45) is 0 Å². The van der Waals surface area contributed by atoms with Crippen molar-refractivity contribution in [1.29, 1.82) is 0 Å². The van der Waals surface area contributed by atoms with Crippen molar-refractivity contribution in [3.63, 3.8) is 0 Å². The van der Waals surface area contributed by atoms with Gasteiger partial charge in [-0.05, 0) is 63.1 Å². The van der Waals surface area contributed by atoms with Crippen LogP contribution in [0.2, 0.25) is 5.02 Å². The predicted octanol–water partition coefficient (Wildman–Crippen LogP) is 5.18. The third-order valence-electron chi connectivity index (χ3n) is 6.31. The minimum absolute atomic E-state index is 0.0422. The van der Waals surface area contributed by atoms with E-state index in [0.29, 0.717) is 5.02 Å². The maximum Gasteiger partial charge on any atom is 0.264 e. The van der Waals surface area contributed by atoms with Gasteiger partial charge in [-0.2, -0.15) is 0 Å². The Balaban J connectivity index is 2.02. The normalized spacial score (nSPS) is 12.9. The monoisotopic (exact) mass is 555 g/mol. The van der Waals surface area contributed by atoms with Crippen LogP contribution in [-0.2, 0) is 26.2 Å². The molecule has 0 saturated carbocycles. The van der Waals surface area contributed by atoms with Crippen molar-refractivity contribution in [1.82, 2.24) is 10.2 Å². The Morgan fingerprint density at radius 2 is 1.63 bits per heavy atom. The highest BCUT2D eigenvalue weighted by Gasteiger charge is 2.32. The molecule has 38 heavy (non-hydrogen) atoms. The van der Waals surface area contributed by atoms with Crippen LogP contribution in [0.25, 0.3) is 0 Å². The molecule has 2 amide bonds. The average Bonchev–Trinajstić information content (AvgIpc) is 2.90. The average molecular weight is 556 g/mol. The molecule has 3 aromatic carbocycles. The molecule has 0 aliphatic rings. The van der Waals surface area contributed by atoms with E-state index in [9.17, 15) is 18.0 Å². The first-order chi connectivity index (χ1) is 18.0. The number of sulfonamides is 1. The van der Waals surface area contributed by atoms with Crippen LogP contribution in [0.3, 0.4) is 0 Å². The second-order valence-corrected chi connectivity index (χ2v) is 11.6. The first-order valence-corrected chi connectivity index (χ1v) is 14.3. The van der Waals surface area contributed by atoms with Crippen LogP contribution < -0.4 is 9.62 Å². The lowest BCUT2D eigenvalue weighted by Crippen LogP contribution is -2.52. The Morgan fingerprint density at radius 3 is 2.26 bits per heavy atom. The molecule has 0 unspecified atom stereocenters. The van der Waals surface area contributed by atoms with Gasteiger partial charge in [-0.3, -0.25) is 13.9 Å². The summed E-state index contributed by atoms with van der Waals surface area (Å²) in [5, 5.41) is 3.26. The zero-order valence-electron chi connectivity index (χ0n) is 22.1. The van der Waals surface area contributed by atoms with Gasteiger partial charge in [0.15, 0.2) is 0 Å². The van der Waals surface area contributed by atoms with Gasteiger partial charge in [0.25, 0.3) is 10.0 Å². The summed E-state index contributed by atoms with van der Waals surface area (Å²) in [4.78, 5) is 28.4. The predicted molar refractivity (Wildman–Crippen MR) is 152 cm³/mol. The van der Waals surface area contributed by atoms with Crippen LogP contribution in [0.15, 0.2) is 83.8 Å². The highest BCUT2D eigenvalue weighted by Crippen LogP contribution is 2.26. The Morgan fingerprint density at radius 1 is 0.947 bits per heavy atom. The molecule has 0 saturated heterocycles. The summed E-state index contributed by atoms with van der Waals surface area (Å²) in [6.07, 6.45) is 0.738. The Hall–Kier alpha value is -3.36. The summed E-state index contributed by atoms with van der Waals surface area (Å²) in [7, 11) is -4.12. The number of nitrogens with one attached hydrogen (secondary N) is 1. The molecule has 9 heteroatoms. The standard InChI is InChI=1S/C29H34ClN3O4S/c1-5-22(3)31-29(35)23(4)32(19-24-12-9-11-21(2)17-24)28(34)20-33(26-14-10-13-25(30)18-26)38(36,37)27-15-7-6-8-16-27/h6-18,22-23H,5,19-20H2,1-4H3,(H,31,35)/t22-,23+/m0/s1. The highest BCUT2D eigenvalue weighted by atomic mass is 35.5. The van der Waals surface area contributed by atoms with Gasteiger partial charge in [0.05, 0.1) is 10.6 Å². The van der Waals surface area contributed by atoms with E-state index >= 15 is 0 Å². The number of halogens is 1. The number of amides is 2. The maximum absolute atomic E-state index is 13.9. The number of hydrogen-bond acceptors (Lipinski definition) is 4. The zero-order valence-corrected chi connectivity index (χ0v) is 23.7. The first kappa shape index (κ1) is 29.2. The van der Waals surface area contributed by atoms with Gasteiger partial charge in [-0.15, -0.1) is 0 Å². The largest absolute Gasteiger partial charge is 0.352 e. The third kappa shape index (κ3) is 7.36. The summed E-state index contributed by atoms with van der Waals surface area (Å²) in [5.74, 6) is -0.821. The van der Waals surface area contributed by atoms with E-state index in [0.717, 1.165) is 21.9 Å². The smallest absolute Gasteiger partial charge is 0.264 e. The van der Waals surface area contributed by atoms with Gasteiger partial charge < -0.3 is 10.2 Å². The molecule has 2 atom stereocenters. The van der Waals surface area contributed by atoms with Crippen LogP contribution in [0.4, 0.5) is 5.69 Å². The number of carbonyl (C=O) groups is 2. The van der Waals surface area contributed by atoms with E-state index < -0.39 is 28.5 Å². The van der Waals surface area contributed by atoms with Crippen LogP contribution in [-0.4, -0.2) is 43.8 Å². The third-order valence-corrected chi connectivity index (χ3v) is 8.33. The second-order valence-electron chi connectivity index (χ2n) is 9.31. The molecule has 3 rings (SSSR count). The summed E-state index contributed by atoms with van der Waals surface area (Å²) in [6.45, 7) is 7.09. The molecular weight excluding hydrogens is 522 g/mol. The molecule has 0 radical (unpaired) electrons. The lowest BCUT2D eigenvalue weighted by Gasteiger charge is -2.32. The number of hydrogen-bond donors (Lipinski definition) is 1. The van der Waals surface area contributed by atoms with E-state index in [-0.39, 0.29) is 29.1 Å². The fourth-order valence-corrected chi connectivity index (χ4v) is 5.55. The van der Waals surface area contributed by atoms with Gasteiger partial charge >= 0.3 is 0 Å². The van der Waals surface area contributed by atoms with Crippen molar-refractivity contribution in [2.45, 2.75) is 57.6 Å². The molecule has 7 nitrogen and oxygen atoms in total. The Labute approximate surface area is 230 Å². The number of benzene rings is 3. The molecular formula is C29H34ClN3O4S. The van der Waals surface area contributed by atoms with Crippen molar-refractivity contribution in [3.05, 3.63) is 95.0 Å². The number of aryl methyl sites for hydroxylation is 1. The molecule has 3 aromatic rings. The molecule has 0 aliphatic heterocycles. The molecule has 202 valence electrons. The van der Waals surface area contributed by atoms with Gasteiger partial charge in [0.2, 0.25) is 11.8 Å². The number of rotatable bonds is 11. The fourth-order valence-electron chi connectivity index (χ4n) is 3.94. The summed E-state index contributed by atoms with van der Waals surface area (Å²) < 4.78 is 28.5. The molecule has 0 spiro atoms. The van der Waals surface area contributed by atoms with Gasteiger partial charge in [0.1, 0.15) is 12.6 Å². The second kappa shape index (κ2) is 12.9. The van der Waals surface area contributed by atoms with E-state index in [2.05, 4.69) is 5.32 Å². The van der Waals surface area contributed by atoms with Crippen molar-refractivity contribution < 1.29 is 18.0 Å². The van der Waals surface area contributed by atoms with E-state index in [1.165, 1.54) is 23.1 Å². The number of nitrogens with zero attached hydrogens (tertiary/aromatic N) is 2. The molecule has 0 heterocycles. The van der Waals surface area contributed by atoms with Crippen LogP contribution in [0.1, 0.15) is 38.3 Å². The van der Waals surface area contributed by atoms with Crippen molar-refractivity contribution in [3.8, 4) is 0 Å². The molecule has 1 N–H and O–H groups in total. The minimum atomic E-state index is -4.12. The quantitative estimate of drug-likeness (QED) is 0.353. The topological polar surface area (TPSA) is 86.8 Å². The molecule has 0 bridgehead atoms. The van der Waals surface area contributed by atoms with Crippen molar-refractivity contribution >= 4 is 39.1 Å². The molecule has 0 fully saturated rings. The summed E-state index contributed by atoms with van der Waals surface area (Å²) in [5.41, 5.74) is 2.10. The van der Waals surface area contributed by atoms with E-state index in [4.69, 9.17) is 11.6 Å². The van der Waals surface area contributed by atoms with E-state index in [1.807, 2.05) is 45.0 Å². The van der Waals surface area contributed by atoms with Gasteiger partial charge in [-0.25, -0.2) is 8.42 Å². The van der Waals surface area contributed by atoms with Crippen molar-refractivity contribution in [2.75, 3.05) is 10.8 Å². The van der Waals surface area contributed by atoms with Gasteiger partial charge in [0, 0.05) is 17.6 Å². The zero-order chi connectivity index (χ0) is 27.9. The summed E-state index contributed by atoms with van der Waals surface area (Å²) in [6, 6.07) is 21.0. The van der Waals surface area contributed by atoms with Gasteiger partial charge in [-0.1, -0.05) is 72.6 Å². The Kier molecular flexibility index (Phi) is 9.94. The molecule has 0 aromatic heterocycles. The van der Waals surface area contributed by atoms with Crippen LogP contribution in [0, 0.1) is 6.92 Å². The van der Waals surface area contributed by atoms with E-state index in [1.54, 1.807) is 43.3 Å². The fraction of sp³-hybridized carbons (Fsp3) is 0.310. The summed E-state index contributed by atoms with van der Waals surface area (Å²) >= 11 is 6.19. The minimum Gasteiger partial charge on any atom is -0.352 e. The first-order valence-electron chi connectivity index (χ1n) is 12.5. The lowest BCUT2D eigenvalue weighted by molar-refractivity contribution is -0.139. The number of anilines is 1. The van der Waals surface area contributed by atoms with Crippen LogP contribution in [0.5, 0.6) is 0 Å². The SMILES string of the molecule is CC[C@H](C)NC(=O)[C@@H](C)N(Cc1cccc(C)c1)C(=O)CN(c1cccc(Cl)c1)S(=O)(=O)c1ccccc1. The maximum atomic E-state index is 13.9. The van der Waals surface area contributed by atoms with Crippen LogP contribution >= 0.6 is 11.6 Å². The highest BCUT2D eigenvalue weighted by molar-refractivity contribution is 7.92. The lowest BCUT2D eigenvalue weighted by atomic mass is 10.1. The molecule has 0 aliphatic carbocycles. The number of carbonyl (C=O) groups excluding carboxylic acids is 2.